The van der Waals surface area contributed by atoms with Crippen LogP contribution in [0.5, 0.6) is 11.5 Å². The predicted octanol–water partition coefficient (Wildman–Crippen LogP) is 19.4. The fourth-order valence-electron chi connectivity index (χ4n) is 11.0. The Morgan fingerprint density at radius 3 is 1.74 bits per heavy atom. The van der Waals surface area contributed by atoms with Crippen LogP contribution in [0.15, 0.2) is 164 Å². The normalized spacial score (nSPS) is 13.5. The molecule has 5 nitrogen and oxygen atoms in total. The first-order valence-electron chi connectivity index (χ1n) is 26.8. The molecule has 7 aromatic carbocycles. The molecule has 5 heteroatoms. The van der Waals surface area contributed by atoms with E-state index in [1.807, 2.05) is 6.20 Å². The first-order chi connectivity index (χ1) is 35.0. The lowest BCUT2D eigenvalue weighted by molar-refractivity contribution is 0.483. The van der Waals surface area contributed by atoms with Gasteiger partial charge in [-0.3, -0.25) is 4.57 Å². The smallest absolute Gasteiger partial charge is 0.137 e. The number of fused-ring (bicyclic) bond motifs is 4. The van der Waals surface area contributed by atoms with Gasteiger partial charge in [-0.05, 0) is 151 Å². The summed E-state index contributed by atoms with van der Waals surface area (Å²) in [5, 5.41) is 2.34. The largest absolute Gasteiger partial charge is 0.457 e. The fourth-order valence-corrected chi connectivity index (χ4v) is 11.0. The van der Waals surface area contributed by atoms with Crippen molar-refractivity contribution in [3.8, 4) is 28.4 Å². The lowest BCUT2D eigenvalue weighted by atomic mass is 9.78. The van der Waals surface area contributed by atoms with Crippen molar-refractivity contribution in [1.82, 2.24) is 9.55 Å². The van der Waals surface area contributed by atoms with Gasteiger partial charge in [-0.2, -0.15) is 0 Å². The number of pyridine rings is 1. The zero-order valence-corrected chi connectivity index (χ0v) is 46.6. The van der Waals surface area contributed by atoms with Crippen LogP contribution in [-0.2, 0) is 21.7 Å². The lowest BCUT2D eigenvalue weighted by Gasteiger charge is -2.26. The molecule has 3 heterocycles. The Hall–Kier alpha value is -7.11. The number of anilines is 4. The van der Waals surface area contributed by atoms with Crippen molar-refractivity contribution in [3.63, 3.8) is 0 Å². The number of ether oxygens (including phenoxy) is 1. The van der Waals surface area contributed by atoms with Crippen LogP contribution in [0.25, 0.3) is 38.8 Å². The molecule has 0 saturated heterocycles. The standard InChI is InChI=1S/C69H76N4O/c1-44(2)56-25-20-26-57(45(3)4)65(56)46-35-53(72-43-71(52-24-19-23-48(37-52)66(5,6)7)63-39-49(67(8,9)10)27-32-61(63)72)41-55(36-46)74-54-29-30-58-59-38-51(69(14,15)47-21-17-16-18-22-47)28-31-60(59)73(62(58)42-54)64-40-50(33-34-70-64)68(11,12)13/h16-42,44-45H,43H2,1-15H3. The average molecular weight is 977 g/mol. The van der Waals surface area contributed by atoms with Crippen LogP contribution < -0.4 is 14.5 Å². The zero-order valence-electron chi connectivity index (χ0n) is 46.6. The summed E-state index contributed by atoms with van der Waals surface area (Å²) >= 11 is 0. The van der Waals surface area contributed by atoms with Gasteiger partial charge in [-0.25, -0.2) is 4.98 Å². The summed E-state index contributed by atoms with van der Waals surface area (Å²) in [6.07, 6.45) is 1.96. The van der Waals surface area contributed by atoms with E-state index < -0.39 is 0 Å². The Morgan fingerprint density at radius 1 is 0.446 bits per heavy atom. The van der Waals surface area contributed by atoms with Gasteiger partial charge in [0.2, 0.25) is 0 Å². The van der Waals surface area contributed by atoms with Crippen molar-refractivity contribution in [1.29, 1.82) is 0 Å². The van der Waals surface area contributed by atoms with E-state index >= 15 is 0 Å². The van der Waals surface area contributed by atoms with Crippen molar-refractivity contribution < 1.29 is 4.74 Å². The highest BCUT2D eigenvalue weighted by molar-refractivity contribution is 6.10. The molecular formula is C69H76N4O. The molecule has 1 aliphatic heterocycles. The Kier molecular flexibility index (Phi) is 12.7. The van der Waals surface area contributed by atoms with Crippen molar-refractivity contribution in [2.24, 2.45) is 0 Å². The highest BCUT2D eigenvalue weighted by atomic mass is 16.5. The van der Waals surface area contributed by atoms with E-state index in [1.54, 1.807) is 0 Å². The summed E-state index contributed by atoms with van der Waals surface area (Å²) in [7, 11) is 0. The molecule has 378 valence electrons. The van der Waals surface area contributed by atoms with E-state index in [2.05, 4.69) is 276 Å². The van der Waals surface area contributed by atoms with Gasteiger partial charge in [-0.15, -0.1) is 0 Å². The lowest BCUT2D eigenvalue weighted by Crippen LogP contribution is -2.24. The predicted molar refractivity (Wildman–Crippen MR) is 315 cm³/mol. The monoisotopic (exact) mass is 977 g/mol. The summed E-state index contributed by atoms with van der Waals surface area (Å²) in [6, 6.07) is 58.8. The van der Waals surface area contributed by atoms with Gasteiger partial charge in [-0.1, -0.05) is 177 Å². The molecule has 0 fully saturated rings. The molecule has 1 aliphatic rings. The fraction of sp³-hybridized carbons (Fsp3) is 0.319. The van der Waals surface area contributed by atoms with Gasteiger partial charge in [0.25, 0.3) is 0 Å². The molecule has 9 aromatic rings. The van der Waals surface area contributed by atoms with Gasteiger partial charge in [0.15, 0.2) is 0 Å². The van der Waals surface area contributed by atoms with Gasteiger partial charge in [0.1, 0.15) is 24.0 Å². The molecule has 0 N–H and O–H groups in total. The highest BCUT2D eigenvalue weighted by Gasteiger charge is 2.32. The molecule has 0 radical (unpaired) electrons. The number of benzene rings is 7. The van der Waals surface area contributed by atoms with E-state index in [1.165, 1.54) is 67.0 Å². The number of rotatable bonds is 10. The van der Waals surface area contributed by atoms with Gasteiger partial charge < -0.3 is 14.5 Å². The van der Waals surface area contributed by atoms with Gasteiger partial charge in [0.05, 0.1) is 22.4 Å². The summed E-state index contributed by atoms with van der Waals surface area (Å²) in [6.45, 7) is 35.1. The molecule has 2 aromatic heterocycles. The molecule has 0 saturated carbocycles. The zero-order chi connectivity index (χ0) is 52.6. The van der Waals surface area contributed by atoms with Crippen molar-refractivity contribution in [3.05, 3.63) is 203 Å². The highest BCUT2D eigenvalue weighted by Crippen LogP contribution is 2.49. The molecule has 0 unspecified atom stereocenters. The SMILES string of the molecule is CC(C)c1cccc(C(C)C)c1-c1cc(Oc2ccc3c4cc(C(C)(C)c5ccccc5)ccc4n(-c4cc(C(C)(C)C)ccn4)c3c2)cc(N2CN(c3cccc(C(C)(C)C)c3)c3cc(C(C)(C)C)ccc32)c1. The summed E-state index contributed by atoms with van der Waals surface area (Å²) in [5.74, 6) is 3.08. The Labute approximate surface area is 441 Å². The van der Waals surface area contributed by atoms with E-state index in [0.717, 1.165) is 45.0 Å². The topological polar surface area (TPSA) is 33.5 Å². The summed E-state index contributed by atoms with van der Waals surface area (Å²) < 4.78 is 9.62. The second-order valence-corrected chi connectivity index (χ2v) is 25.1. The number of hydrogen-bond donors (Lipinski definition) is 0. The minimum Gasteiger partial charge on any atom is -0.457 e. The maximum Gasteiger partial charge on any atom is 0.137 e. The molecule has 0 aliphatic carbocycles. The van der Waals surface area contributed by atoms with Crippen LogP contribution in [0, 0.1) is 0 Å². The second kappa shape index (κ2) is 18.7. The molecule has 10 rings (SSSR count). The van der Waals surface area contributed by atoms with Gasteiger partial charge >= 0.3 is 0 Å². The third kappa shape index (κ3) is 9.40. The Morgan fingerprint density at radius 2 is 1.07 bits per heavy atom. The third-order valence-corrected chi connectivity index (χ3v) is 15.6. The average Bonchev–Trinajstić information content (AvgIpc) is 3.92. The van der Waals surface area contributed by atoms with Crippen LogP contribution in [0.2, 0.25) is 0 Å². The number of nitrogens with zero attached hydrogens (tertiary/aromatic N) is 4. The molecule has 0 spiro atoms. The molecule has 0 amide bonds. The maximum atomic E-state index is 7.29. The third-order valence-electron chi connectivity index (χ3n) is 15.6. The number of hydrogen-bond acceptors (Lipinski definition) is 4. The second-order valence-electron chi connectivity index (χ2n) is 25.1. The minimum atomic E-state index is -0.206. The van der Waals surface area contributed by atoms with E-state index in [9.17, 15) is 0 Å². The van der Waals surface area contributed by atoms with E-state index in [4.69, 9.17) is 9.72 Å². The summed E-state index contributed by atoms with van der Waals surface area (Å²) in [5.41, 5.74) is 18.1. The number of aromatic nitrogens is 2. The van der Waals surface area contributed by atoms with Crippen molar-refractivity contribution in [2.75, 3.05) is 16.5 Å². The van der Waals surface area contributed by atoms with E-state index in [0.29, 0.717) is 18.5 Å². The van der Waals surface area contributed by atoms with Crippen molar-refractivity contribution >= 4 is 44.6 Å². The van der Waals surface area contributed by atoms with E-state index in [-0.39, 0.29) is 21.7 Å². The Bertz CT molecular complexity index is 3530. The molecule has 74 heavy (non-hydrogen) atoms. The molecular weight excluding hydrogens is 901 g/mol. The first kappa shape index (κ1) is 50.4. The van der Waals surface area contributed by atoms with Gasteiger partial charge in [0, 0.05) is 45.9 Å². The van der Waals surface area contributed by atoms with Crippen LogP contribution >= 0.6 is 0 Å². The van der Waals surface area contributed by atoms with Crippen molar-refractivity contribution in [2.45, 2.75) is 137 Å². The molecule has 0 bridgehead atoms. The molecule has 0 atom stereocenters. The van der Waals surface area contributed by atoms with Crippen LogP contribution in [0.4, 0.5) is 22.7 Å². The summed E-state index contributed by atoms with van der Waals surface area (Å²) in [4.78, 5) is 10.0. The quantitative estimate of drug-likeness (QED) is 0.137. The van der Waals surface area contributed by atoms with Crippen LogP contribution in [0.1, 0.15) is 155 Å². The Balaban J connectivity index is 1.16. The van der Waals surface area contributed by atoms with Crippen LogP contribution in [0.3, 0.4) is 0 Å². The van der Waals surface area contributed by atoms with Crippen LogP contribution in [-0.4, -0.2) is 16.2 Å². The minimum absolute atomic E-state index is 0.0105. The maximum absolute atomic E-state index is 7.29. The first-order valence-corrected chi connectivity index (χ1v) is 26.8.